The molecule has 40 heavy (non-hydrogen) atoms. The monoisotopic (exact) mass is 551 g/mol. The predicted octanol–water partition coefficient (Wildman–Crippen LogP) is 3.90. The second kappa shape index (κ2) is 12.3. The third-order valence-electron chi connectivity index (χ3n) is 7.08. The Labute approximate surface area is 230 Å². The van der Waals surface area contributed by atoms with E-state index < -0.39 is 23.0 Å². The molecule has 8 nitrogen and oxygen atoms in total. The van der Waals surface area contributed by atoms with Gasteiger partial charge >= 0.3 is 0 Å². The molecule has 0 aliphatic carbocycles. The van der Waals surface area contributed by atoms with Gasteiger partial charge in [-0.1, -0.05) is 48.6 Å². The van der Waals surface area contributed by atoms with E-state index in [1.165, 1.54) is 19.2 Å². The molecule has 1 aromatic heterocycles. The second-order valence-electron chi connectivity index (χ2n) is 9.58. The Bertz CT molecular complexity index is 1500. The first-order chi connectivity index (χ1) is 19.3. The molecule has 2 unspecified atom stereocenters. The summed E-state index contributed by atoms with van der Waals surface area (Å²) in [5, 5.41) is 9.56. The zero-order chi connectivity index (χ0) is 29.0. The van der Waals surface area contributed by atoms with Gasteiger partial charge in [0.15, 0.2) is 11.4 Å². The molecule has 0 saturated heterocycles. The summed E-state index contributed by atoms with van der Waals surface area (Å²) in [7, 11) is 1.00. The lowest BCUT2D eigenvalue weighted by atomic mass is 10.1. The van der Waals surface area contributed by atoms with E-state index in [-0.39, 0.29) is 59.3 Å². The number of pyridine rings is 1. The van der Waals surface area contributed by atoms with E-state index in [2.05, 4.69) is 5.32 Å². The number of benzene rings is 2. The molecule has 2 aliphatic heterocycles. The van der Waals surface area contributed by atoms with Crippen molar-refractivity contribution in [3.8, 4) is 5.75 Å². The van der Waals surface area contributed by atoms with Gasteiger partial charge in [-0.05, 0) is 31.9 Å². The van der Waals surface area contributed by atoms with Crippen molar-refractivity contribution < 1.29 is 28.2 Å². The number of nitrogens with zero attached hydrogens (tertiary/aromatic N) is 2. The van der Waals surface area contributed by atoms with Crippen molar-refractivity contribution in [3.05, 3.63) is 111 Å². The largest absolute Gasteiger partial charge is 0.483 e. The van der Waals surface area contributed by atoms with E-state index in [0.717, 1.165) is 18.7 Å². The van der Waals surface area contributed by atoms with Crippen molar-refractivity contribution in [3.63, 3.8) is 0 Å². The van der Waals surface area contributed by atoms with Crippen LogP contribution in [0.4, 0.5) is 8.78 Å². The van der Waals surface area contributed by atoms with Crippen LogP contribution in [0.3, 0.4) is 0 Å². The van der Waals surface area contributed by atoms with E-state index in [4.69, 9.17) is 9.84 Å². The topological polar surface area (TPSA) is 101 Å². The predicted molar refractivity (Wildman–Crippen MR) is 145 cm³/mol. The van der Waals surface area contributed by atoms with Crippen molar-refractivity contribution in [1.29, 1.82) is 0 Å². The van der Waals surface area contributed by atoms with Gasteiger partial charge in [0.2, 0.25) is 5.43 Å². The highest BCUT2D eigenvalue weighted by Crippen LogP contribution is 2.32. The quantitative estimate of drug-likeness (QED) is 0.453. The number of amides is 2. The Kier molecular flexibility index (Phi) is 8.79. The zero-order valence-corrected chi connectivity index (χ0v) is 22.5. The average Bonchev–Trinajstić information content (AvgIpc) is 3.14. The summed E-state index contributed by atoms with van der Waals surface area (Å²) < 4.78 is 35.7. The fraction of sp³-hybridized carbons (Fsp3) is 0.300. The van der Waals surface area contributed by atoms with Crippen molar-refractivity contribution in [2.75, 3.05) is 13.7 Å². The summed E-state index contributed by atoms with van der Waals surface area (Å²) >= 11 is 0. The summed E-state index contributed by atoms with van der Waals surface area (Å²) in [6.45, 7) is 3.42. The van der Waals surface area contributed by atoms with Crippen LogP contribution < -0.4 is 15.5 Å². The molecular formula is C30H31F2N3O5. The van der Waals surface area contributed by atoms with E-state index in [0.29, 0.717) is 13.0 Å². The van der Waals surface area contributed by atoms with Crippen molar-refractivity contribution in [2.45, 2.75) is 45.5 Å². The first-order valence-corrected chi connectivity index (χ1v) is 12.9. The molecule has 2 bridgehead atoms. The lowest BCUT2D eigenvalue weighted by molar-refractivity contribution is 0.0626. The van der Waals surface area contributed by atoms with Gasteiger partial charge in [-0.25, -0.2) is 8.78 Å². The minimum Gasteiger partial charge on any atom is -0.483 e. The number of hydrogen-bond acceptors (Lipinski definition) is 5. The van der Waals surface area contributed by atoms with Crippen LogP contribution in [0.1, 0.15) is 56.9 Å². The summed E-state index contributed by atoms with van der Waals surface area (Å²) in [4.78, 5) is 42.0. The number of halogens is 2. The Morgan fingerprint density at radius 2 is 1.85 bits per heavy atom. The summed E-state index contributed by atoms with van der Waals surface area (Å²) in [5.74, 6) is -2.74. The molecule has 2 amide bonds. The van der Waals surface area contributed by atoms with E-state index in [1.807, 2.05) is 49.4 Å². The first-order valence-electron chi connectivity index (χ1n) is 12.9. The molecule has 2 aromatic carbocycles. The minimum atomic E-state index is -0.760. The Hall–Kier alpha value is -4.31. The Morgan fingerprint density at radius 1 is 1.12 bits per heavy atom. The van der Waals surface area contributed by atoms with Gasteiger partial charge in [0, 0.05) is 43.6 Å². The van der Waals surface area contributed by atoms with Gasteiger partial charge in [-0.2, -0.15) is 0 Å². The van der Waals surface area contributed by atoms with Crippen molar-refractivity contribution in [1.82, 2.24) is 14.8 Å². The smallest absolute Gasteiger partial charge is 0.275 e. The van der Waals surface area contributed by atoms with Crippen LogP contribution in [0, 0.1) is 18.6 Å². The molecule has 3 aromatic rings. The van der Waals surface area contributed by atoms with Gasteiger partial charge in [-0.3, -0.25) is 14.4 Å². The molecule has 3 heterocycles. The van der Waals surface area contributed by atoms with E-state index in [9.17, 15) is 23.2 Å². The number of allylic oxidation sites excluding steroid dienone is 1. The maximum absolute atomic E-state index is 14.5. The number of aliphatic hydroxyl groups is 1. The fourth-order valence-electron chi connectivity index (χ4n) is 4.86. The number of aliphatic hydroxyl groups excluding tert-OH is 1. The molecule has 0 radical (unpaired) electrons. The normalized spacial score (nSPS) is 17.4. The van der Waals surface area contributed by atoms with Crippen LogP contribution in [0.2, 0.25) is 0 Å². The standard InChI is InChI=1S/C29H27F2N3O4.CH4O/c1-17-7-6-10-21-14-33(17)29(37)25-27(38-16-19-8-4-3-5-9-19)26(35)22(15-34(21)25)28(36)32-13-20-11-12-23(30)18(2)24(20)31;1-2/h3-9,11-12,15,17,21H,10,13-14,16H2,1-2H3,(H,32,36);2H,1H3. The van der Waals surface area contributed by atoms with Gasteiger partial charge in [0.05, 0.1) is 6.04 Å². The molecule has 0 saturated carbocycles. The number of ether oxygens (including phenoxy) is 1. The average molecular weight is 552 g/mol. The Balaban J connectivity index is 0.00000181. The maximum Gasteiger partial charge on any atom is 0.275 e. The third kappa shape index (κ3) is 5.53. The number of nitrogens with one attached hydrogen (secondary N) is 1. The van der Waals surface area contributed by atoms with Crippen LogP contribution in [0.5, 0.6) is 5.75 Å². The summed E-state index contributed by atoms with van der Waals surface area (Å²) in [6, 6.07) is 11.2. The summed E-state index contributed by atoms with van der Waals surface area (Å²) in [5.41, 5.74) is -0.119. The minimum absolute atomic E-state index is 0.0277. The SMILES string of the molecule is CO.Cc1c(F)ccc(CNC(=O)c2cn3c(c(OCc4ccccc4)c2=O)C(=O)N2CC3CC=CC2C)c1F. The van der Waals surface area contributed by atoms with Crippen LogP contribution >= 0.6 is 0 Å². The highest BCUT2D eigenvalue weighted by Gasteiger charge is 2.38. The van der Waals surface area contributed by atoms with Gasteiger partial charge in [0.1, 0.15) is 23.8 Å². The lowest BCUT2D eigenvalue weighted by Crippen LogP contribution is -2.47. The molecule has 2 aliphatic rings. The van der Waals surface area contributed by atoms with Crippen LogP contribution in [0.15, 0.2) is 65.6 Å². The van der Waals surface area contributed by atoms with E-state index in [1.54, 1.807) is 9.47 Å². The van der Waals surface area contributed by atoms with Crippen molar-refractivity contribution in [2.24, 2.45) is 0 Å². The first kappa shape index (κ1) is 28.7. The van der Waals surface area contributed by atoms with Crippen molar-refractivity contribution >= 4 is 11.8 Å². The number of hydrogen-bond donors (Lipinski definition) is 2. The molecule has 0 spiro atoms. The molecule has 0 fully saturated rings. The Morgan fingerprint density at radius 3 is 2.58 bits per heavy atom. The molecule has 210 valence electrons. The molecule has 2 N–H and O–H groups in total. The second-order valence-corrected chi connectivity index (χ2v) is 9.58. The zero-order valence-electron chi connectivity index (χ0n) is 22.5. The number of aromatic nitrogens is 1. The van der Waals surface area contributed by atoms with Crippen LogP contribution in [0.25, 0.3) is 0 Å². The lowest BCUT2D eigenvalue weighted by Gasteiger charge is -2.37. The van der Waals surface area contributed by atoms with Crippen LogP contribution in [-0.2, 0) is 13.2 Å². The van der Waals surface area contributed by atoms with Crippen LogP contribution in [-0.4, -0.2) is 46.1 Å². The van der Waals surface area contributed by atoms with Gasteiger partial charge in [-0.15, -0.1) is 0 Å². The number of rotatable bonds is 6. The molecular weight excluding hydrogens is 520 g/mol. The van der Waals surface area contributed by atoms with E-state index >= 15 is 0 Å². The number of carbonyl (C=O) groups excluding carboxylic acids is 2. The molecule has 10 heteroatoms. The maximum atomic E-state index is 14.5. The van der Waals surface area contributed by atoms with Gasteiger partial charge < -0.3 is 24.6 Å². The van der Waals surface area contributed by atoms with Gasteiger partial charge in [0.25, 0.3) is 11.8 Å². The fourth-order valence-corrected chi connectivity index (χ4v) is 4.86. The summed E-state index contributed by atoms with van der Waals surface area (Å²) in [6.07, 6.45) is 5.92. The highest BCUT2D eigenvalue weighted by atomic mass is 19.1. The molecule has 2 atom stereocenters. The highest BCUT2D eigenvalue weighted by molar-refractivity contribution is 5.99. The molecule has 5 rings (SSSR count). The number of carbonyl (C=O) groups is 2. The number of fused-ring (bicyclic) bond motifs is 4. The third-order valence-corrected chi connectivity index (χ3v) is 7.08.